The first kappa shape index (κ1) is 19.2. The van der Waals surface area contributed by atoms with E-state index < -0.39 is 17.9 Å². The second-order valence-corrected chi connectivity index (χ2v) is 6.99. The van der Waals surface area contributed by atoms with Crippen LogP contribution >= 0.6 is 11.6 Å². The number of aliphatic hydroxyl groups excluding tert-OH is 1. The second-order valence-electron chi connectivity index (χ2n) is 6.55. The number of carbonyl (C=O) groups excluding carboxylic acids is 2. The third-order valence-corrected chi connectivity index (χ3v) is 5.15. The Morgan fingerprint density at radius 3 is 2.59 bits per heavy atom. The average molecular weight is 414 g/mol. The van der Waals surface area contributed by atoms with E-state index in [4.69, 9.17) is 20.8 Å². The van der Waals surface area contributed by atoms with Gasteiger partial charge in [0.05, 0.1) is 36.3 Å². The minimum Gasteiger partial charge on any atom is -0.465 e. The van der Waals surface area contributed by atoms with Crippen LogP contribution < -0.4 is 5.43 Å². The molecule has 2 heterocycles. The SMILES string of the molecule is COC(=O)c1ccc([C@H]2c3c(oc4ccc(Cl)cc4c3=O)C(=O)N2CCO)cc1. The van der Waals surface area contributed by atoms with E-state index in [2.05, 4.69) is 0 Å². The van der Waals surface area contributed by atoms with E-state index in [1.54, 1.807) is 36.4 Å². The Labute approximate surface area is 170 Å². The lowest BCUT2D eigenvalue weighted by Crippen LogP contribution is -2.32. The molecule has 0 bridgehead atoms. The molecule has 3 aromatic rings. The molecule has 1 aliphatic heterocycles. The predicted octanol–water partition coefficient (Wildman–Crippen LogP) is 2.77. The van der Waals surface area contributed by atoms with Crippen LogP contribution in [0.5, 0.6) is 0 Å². The Hall–Kier alpha value is -3.16. The first-order chi connectivity index (χ1) is 14.0. The van der Waals surface area contributed by atoms with Crippen LogP contribution in [0, 0.1) is 0 Å². The van der Waals surface area contributed by atoms with Crippen molar-refractivity contribution in [3.63, 3.8) is 0 Å². The molecule has 148 valence electrons. The van der Waals surface area contributed by atoms with Gasteiger partial charge in [0.25, 0.3) is 5.91 Å². The highest BCUT2D eigenvalue weighted by molar-refractivity contribution is 6.31. The molecule has 1 amide bonds. The summed E-state index contributed by atoms with van der Waals surface area (Å²) in [4.78, 5) is 39.3. The molecule has 2 aromatic carbocycles. The number of β-amino-alcohol motifs (C(OH)–C–C–N with tert-alkyl or cyclic N) is 1. The zero-order chi connectivity index (χ0) is 20.7. The Morgan fingerprint density at radius 2 is 1.93 bits per heavy atom. The van der Waals surface area contributed by atoms with Crippen LogP contribution in [0.4, 0.5) is 0 Å². The van der Waals surface area contributed by atoms with E-state index >= 15 is 0 Å². The number of halogens is 1. The van der Waals surface area contributed by atoms with Crippen LogP contribution in [0.2, 0.25) is 5.02 Å². The van der Waals surface area contributed by atoms with Crippen molar-refractivity contribution in [2.24, 2.45) is 0 Å². The third-order valence-electron chi connectivity index (χ3n) is 4.92. The van der Waals surface area contributed by atoms with Crippen molar-refractivity contribution in [2.45, 2.75) is 6.04 Å². The Balaban J connectivity index is 1.92. The van der Waals surface area contributed by atoms with Gasteiger partial charge in [0.15, 0.2) is 5.43 Å². The fraction of sp³-hybridized carbons (Fsp3) is 0.190. The maximum atomic E-state index is 13.2. The summed E-state index contributed by atoms with van der Waals surface area (Å²) in [6.45, 7) is -0.265. The van der Waals surface area contributed by atoms with Crippen LogP contribution in [0.15, 0.2) is 51.7 Å². The fourth-order valence-corrected chi connectivity index (χ4v) is 3.77. The minimum absolute atomic E-state index is 0.0169. The minimum atomic E-state index is -0.754. The number of ether oxygens (including phenoxy) is 1. The normalized spacial score (nSPS) is 15.6. The predicted molar refractivity (Wildman–Crippen MR) is 105 cm³/mol. The molecule has 1 aliphatic rings. The maximum absolute atomic E-state index is 13.2. The molecule has 0 saturated carbocycles. The number of hydrogen-bond acceptors (Lipinski definition) is 6. The number of esters is 1. The van der Waals surface area contributed by atoms with Gasteiger partial charge in [-0.15, -0.1) is 0 Å². The average Bonchev–Trinajstić information content (AvgIpc) is 3.01. The van der Waals surface area contributed by atoms with Crippen LogP contribution in [-0.4, -0.2) is 42.1 Å². The van der Waals surface area contributed by atoms with Gasteiger partial charge in [-0.1, -0.05) is 23.7 Å². The van der Waals surface area contributed by atoms with Gasteiger partial charge in [0.2, 0.25) is 5.76 Å². The second kappa shape index (κ2) is 7.35. The number of amides is 1. The number of nitrogens with zero attached hydrogens (tertiary/aromatic N) is 1. The van der Waals surface area contributed by atoms with Gasteiger partial charge in [0.1, 0.15) is 5.58 Å². The Morgan fingerprint density at radius 1 is 1.21 bits per heavy atom. The Kier molecular flexibility index (Phi) is 4.86. The molecule has 1 aromatic heterocycles. The molecular weight excluding hydrogens is 398 g/mol. The third kappa shape index (κ3) is 3.08. The highest BCUT2D eigenvalue weighted by Crippen LogP contribution is 2.38. The summed E-state index contributed by atoms with van der Waals surface area (Å²) >= 11 is 6.03. The van der Waals surface area contributed by atoms with Gasteiger partial charge in [-0.3, -0.25) is 9.59 Å². The fourth-order valence-electron chi connectivity index (χ4n) is 3.60. The zero-order valence-electron chi connectivity index (χ0n) is 15.3. The van der Waals surface area contributed by atoms with Crippen LogP contribution in [0.3, 0.4) is 0 Å². The molecular formula is C21H16ClNO6. The van der Waals surface area contributed by atoms with Gasteiger partial charge < -0.3 is 19.2 Å². The highest BCUT2D eigenvalue weighted by atomic mass is 35.5. The zero-order valence-corrected chi connectivity index (χ0v) is 16.1. The molecule has 0 radical (unpaired) electrons. The molecule has 29 heavy (non-hydrogen) atoms. The highest BCUT2D eigenvalue weighted by Gasteiger charge is 2.42. The number of rotatable bonds is 4. The van der Waals surface area contributed by atoms with Gasteiger partial charge in [-0.05, 0) is 35.9 Å². The largest absolute Gasteiger partial charge is 0.465 e. The van der Waals surface area contributed by atoms with Gasteiger partial charge in [-0.25, -0.2) is 4.79 Å². The van der Waals surface area contributed by atoms with Crippen LogP contribution in [0.25, 0.3) is 11.0 Å². The maximum Gasteiger partial charge on any atom is 0.337 e. The van der Waals surface area contributed by atoms with E-state index in [1.807, 2.05) is 0 Å². The molecule has 0 aliphatic carbocycles. The summed E-state index contributed by atoms with van der Waals surface area (Å²) in [5, 5.41) is 10.1. The van der Waals surface area contributed by atoms with E-state index in [0.717, 1.165) is 0 Å². The molecule has 0 unspecified atom stereocenters. The van der Waals surface area contributed by atoms with Crippen molar-refractivity contribution in [3.05, 3.63) is 80.2 Å². The van der Waals surface area contributed by atoms with E-state index in [0.29, 0.717) is 16.1 Å². The molecule has 0 fully saturated rings. The molecule has 1 atom stereocenters. The van der Waals surface area contributed by atoms with Crippen molar-refractivity contribution in [3.8, 4) is 0 Å². The molecule has 0 spiro atoms. The molecule has 7 nitrogen and oxygen atoms in total. The van der Waals surface area contributed by atoms with Crippen LogP contribution in [0.1, 0.15) is 38.1 Å². The van der Waals surface area contributed by atoms with Crippen molar-refractivity contribution >= 4 is 34.4 Å². The first-order valence-corrected chi connectivity index (χ1v) is 9.20. The standard InChI is InChI=1S/C21H16ClNO6/c1-28-21(27)12-4-2-11(3-5-12)17-16-18(25)14-10-13(22)6-7-15(14)29-19(16)20(26)23(17)8-9-24/h2-7,10,17,24H,8-9H2,1H3/t17-/m0/s1. The number of fused-ring (bicyclic) bond motifs is 2. The van der Waals surface area contributed by atoms with E-state index in [9.17, 15) is 19.5 Å². The number of aliphatic hydroxyl groups is 1. The summed E-state index contributed by atoms with van der Waals surface area (Å²) in [5.41, 5.74) is 1.03. The van der Waals surface area contributed by atoms with Crippen molar-refractivity contribution in [1.82, 2.24) is 4.90 Å². The molecule has 1 N–H and O–H groups in total. The number of hydrogen-bond donors (Lipinski definition) is 1. The summed E-state index contributed by atoms with van der Waals surface area (Å²) in [6.07, 6.45) is 0. The van der Waals surface area contributed by atoms with Crippen molar-refractivity contribution < 1.29 is 23.8 Å². The summed E-state index contributed by atoms with van der Waals surface area (Å²) < 4.78 is 10.5. The lowest BCUT2D eigenvalue weighted by Gasteiger charge is -2.24. The lowest BCUT2D eigenvalue weighted by molar-refractivity contribution is 0.0599. The summed E-state index contributed by atoms with van der Waals surface area (Å²) in [7, 11) is 1.28. The van der Waals surface area contributed by atoms with Gasteiger partial charge in [0, 0.05) is 11.6 Å². The molecule has 8 heteroatoms. The molecule has 4 rings (SSSR count). The number of methoxy groups -OCH3 is 1. The molecule has 0 saturated heterocycles. The summed E-state index contributed by atoms with van der Waals surface area (Å²) in [5.74, 6) is -1.03. The quantitative estimate of drug-likeness (QED) is 0.660. The number of benzene rings is 2. The Bertz CT molecular complexity index is 1180. The van der Waals surface area contributed by atoms with Crippen molar-refractivity contribution in [2.75, 3.05) is 20.3 Å². The van der Waals surface area contributed by atoms with E-state index in [1.165, 1.54) is 18.1 Å². The van der Waals surface area contributed by atoms with Gasteiger partial charge >= 0.3 is 5.97 Å². The lowest BCUT2D eigenvalue weighted by atomic mass is 9.97. The van der Waals surface area contributed by atoms with Gasteiger partial charge in [-0.2, -0.15) is 0 Å². The van der Waals surface area contributed by atoms with E-state index in [-0.39, 0.29) is 40.9 Å². The van der Waals surface area contributed by atoms with Crippen molar-refractivity contribution in [1.29, 1.82) is 0 Å². The topological polar surface area (TPSA) is 97.0 Å². The summed E-state index contributed by atoms with van der Waals surface area (Å²) in [6, 6.07) is 10.3. The van der Waals surface area contributed by atoms with Crippen LogP contribution in [-0.2, 0) is 4.74 Å². The smallest absolute Gasteiger partial charge is 0.337 e. The number of carbonyl (C=O) groups is 2. The monoisotopic (exact) mass is 413 g/mol. The first-order valence-electron chi connectivity index (χ1n) is 8.82.